The molecule has 1 heterocycles. The van der Waals surface area contributed by atoms with Gasteiger partial charge in [-0.3, -0.25) is 4.79 Å². The number of hydrogen-bond donors (Lipinski definition) is 2. The number of rotatable bonds is 4. The number of nitrogens with two attached hydrogens (primary N) is 1. The zero-order valence-corrected chi connectivity index (χ0v) is 10.7. The quantitative estimate of drug-likeness (QED) is 0.865. The van der Waals surface area contributed by atoms with Crippen molar-refractivity contribution in [2.75, 3.05) is 6.54 Å². The first-order valence-electron chi connectivity index (χ1n) is 6.04. The van der Waals surface area contributed by atoms with Gasteiger partial charge in [-0.1, -0.05) is 11.6 Å². The Kier molecular flexibility index (Phi) is 3.39. The van der Waals surface area contributed by atoms with Crippen LogP contribution in [0.2, 0.25) is 0 Å². The van der Waals surface area contributed by atoms with Crippen molar-refractivity contribution in [2.45, 2.75) is 26.8 Å². The molecule has 18 heavy (non-hydrogen) atoms. The summed E-state index contributed by atoms with van der Waals surface area (Å²) in [5.41, 5.74) is 9.73. The lowest BCUT2D eigenvalue weighted by Crippen LogP contribution is -2.11. The highest BCUT2D eigenvalue weighted by Gasteiger charge is 2.15. The first-order chi connectivity index (χ1) is 8.54. The highest BCUT2D eigenvalue weighted by molar-refractivity contribution is 5.89. The summed E-state index contributed by atoms with van der Waals surface area (Å²) in [4.78, 5) is 11.0. The molecule has 0 unspecified atom stereocenters. The maximum absolute atomic E-state index is 11.0. The lowest BCUT2D eigenvalue weighted by Gasteiger charge is -2.06. The lowest BCUT2D eigenvalue weighted by atomic mass is 10.1. The number of aryl methyl sites for hydroxylation is 1. The molecule has 4 heteroatoms. The Bertz CT molecular complexity index is 599. The fourth-order valence-electron chi connectivity index (χ4n) is 2.46. The number of hydrogen-bond acceptors (Lipinski definition) is 2. The van der Waals surface area contributed by atoms with E-state index in [4.69, 9.17) is 10.8 Å². The van der Waals surface area contributed by atoms with E-state index in [1.165, 1.54) is 0 Å². The average molecular weight is 246 g/mol. The molecule has 0 bridgehead atoms. The molecule has 0 atom stereocenters. The molecule has 0 radical (unpaired) electrons. The van der Waals surface area contributed by atoms with Gasteiger partial charge in [-0.2, -0.15) is 0 Å². The number of carboxylic acid groups (broad SMARTS) is 1. The second kappa shape index (κ2) is 4.82. The van der Waals surface area contributed by atoms with E-state index in [-0.39, 0.29) is 6.42 Å². The van der Waals surface area contributed by atoms with E-state index in [0.29, 0.717) is 13.1 Å². The van der Waals surface area contributed by atoms with Gasteiger partial charge in [-0.25, -0.2) is 0 Å². The summed E-state index contributed by atoms with van der Waals surface area (Å²) in [5, 5.41) is 10.1. The Hall–Kier alpha value is -1.81. The molecule has 1 aromatic carbocycles. The van der Waals surface area contributed by atoms with Gasteiger partial charge < -0.3 is 15.4 Å². The van der Waals surface area contributed by atoms with Crippen LogP contribution in [-0.4, -0.2) is 22.2 Å². The zero-order chi connectivity index (χ0) is 13.3. The Morgan fingerprint density at radius 3 is 2.72 bits per heavy atom. The standard InChI is InChI=1S/C14H18N2O2/c1-9-3-4-13-12(7-9)11(8-14(17)18)10(2)16(13)6-5-15/h3-4,7H,5-6,8,15H2,1-2H3,(H,17,18). The van der Waals surface area contributed by atoms with E-state index >= 15 is 0 Å². The van der Waals surface area contributed by atoms with Crippen molar-refractivity contribution in [2.24, 2.45) is 5.73 Å². The SMILES string of the molecule is Cc1ccc2c(c1)c(CC(=O)O)c(C)n2CCN. The molecule has 96 valence electrons. The van der Waals surface area contributed by atoms with Gasteiger partial charge in [0.25, 0.3) is 0 Å². The largest absolute Gasteiger partial charge is 0.481 e. The predicted octanol–water partition coefficient (Wildman–Crippen LogP) is 1.84. The summed E-state index contributed by atoms with van der Waals surface area (Å²) < 4.78 is 2.10. The van der Waals surface area contributed by atoms with Crippen LogP contribution in [0.3, 0.4) is 0 Å². The first kappa shape index (κ1) is 12.6. The maximum Gasteiger partial charge on any atom is 0.307 e. The van der Waals surface area contributed by atoms with Crippen molar-refractivity contribution in [1.82, 2.24) is 4.57 Å². The molecule has 0 aliphatic carbocycles. The minimum Gasteiger partial charge on any atom is -0.481 e. The van der Waals surface area contributed by atoms with E-state index in [1.807, 2.05) is 32.0 Å². The van der Waals surface area contributed by atoms with Gasteiger partial charge in [0.15, 0.2) is 0 Å². The third-order valence-corrected chi connectivity index (χ3v) is 3.29. The molecule has 0 aliphatic heterocycles. The van der Waals surface area contributed by atoms with Gasteiger partial charge in [0.1, 0.15) is 0 Å². The predicted molar refractivity (Wildman–Crippen MR) is 71.8 cm³/mol. The Labute approximate surface area is 106 Å². The summed E-state index contributed by atoms with van der Waals surface area (Å²) >= 11 is 0. The molecule has 0 aliphatic rings. The third-order valence-electron chi connectivity index (χ3n) is 3.29. The summed E-state index contributed by atoms with van der Waals surface area (Å²) in [6.07, 6.45) is 0.0589. The highest BCUT2D eigenvalue weighted by Crippen LogP contribution is 2.27. The minimum absolute atomic E-state index is 0.0589. The number of carboxylic acids is 1. The fraction of sp³-hybridized carbons (Fsp3) is 0.357. The van der Waals surface area contributed by atoms with Crippen LogP contribution in [-0.2, 0) is 17.8 Å². The second-order valence-corrected chi connectivity index (χ2v) is 4.60. The molecule has 2 rings (SSSR count). The van der Waals surface area contributed by atoms with Crippen molar-refractivity contribution in [3.63, 3.8) is 0 Å². The van der Waals surface area contributed by atoms with Crippen LogP contribution in [0.1, 0.15) is 16.8 Å². The van der Waals surface area contributed by atoms with Crippen molar-refractivity contribution in [3.05, 3.63) is 35.0 Å². The van der Waals surface area contributed by atoms with Gasteiger partial charge in [0.05, 0.1) is 6.42 Å². The molecule has 1 aromatic heterocycles. The van der Waals surface area contributed by atoms with Crippen LogP contribution in [0.4, 0.5) is 0 Å². The van der Waals surface area contributed by atoms with Crippen LogP contribution in [0, 0.1) is 13.8 Å². The highest BCUT2D eigenvalue weighted by atomic mass is 16.4. The maximum atomic E-state index is 11.0. The minimum atomic E-state index is -0.800. The van der Waals surface area contributed by atoms with Crippen LogP contribution >= 0.6 is 0 Å². The number of fused-ring (bicyclic) bond motifs is 1. The van der Waals surface area contributed by atoms with E-state index < -0.39 is 5.97 Å². The number of benzene rings is 1. The molecular weight excluding hydrogens is 228 g/mol. The van der Waals surface area contributed by atoms with Crippen LogP contribution in [0.15, 0.2) is 18.2 Å². The average Bonchev–Trinajstić information content (AvgIpc) is 2.54. The molecule has 0 spiro atoms. The Morgan fingerprint density at radius 1 is 1.39 bits per heavy atom. The van der Waals surface area contributed by atoms with Crippen molar-refractivity contribution in [1.29, 1.82) is 0 Å². The van der Waals surface area contributed by atoms with Crippen LogP contribution in [0.5, 0.6) is 0 Å². The Morgan fingerprint density at radius 2 is 2.11 bits per heavy atom. The van der Waals surface area contributed by atoms with Crippen molar-refractivity contribution >= 4 is 16.9 Å². The molecule has 4 nitrogen and oxygen atoms in total. The molecule has 0 amide bonds. The number of nitrogens with zero attached hydrogens (tertiary/aromatic N) is 1. The van der Waals surface area contributed by atoms with Gasteiger partial charge in [-0.15, -0.1) is 0 Å². The monoisotopic (exact) mass is 246 g/mol. The lowest BCUT2D eigenvalue weighted by molar-refractivity contribution is -0.136. The van der Waals surface area contributed by atoms with E-state index in [2.05, 4.69) is 4.57 Å². The number of aliphatic carboxylic acids is 1. The summed E-state index contributed by atoms with van der Waals surface area (Å²) in [7, 11) is 0. The summed E-state index contributed by atoms with van der Waals surface area (Å²) in [5.74, 6) is -0.800. The molecule has 2 aromatic rings. The first-order valence-corrected chi connectivity index (χ1v) is 6.04. The number of carbonyl (C=O) groups is 1. The van der Waals surface area contributed by atoms with E-state index in [9.17, 15) is 4.79 Å². The van der Waals surface area contributed by atoms with E-state index in [1.54, 1.807) is 0 Å². The Balaban J connectivity index is 2.70. The van der Waals surface area contributed by atoms with Crippen LogP contribution in [0.25, 0.3) is 10.9 Å². The molecule has 3 N–H and O–H groups in total. The van der Waals surface area contributed by atoms with Crippen LogP contribution < -0.4 is 5.73 Å². The van der Waals surface area contributed by atoms with Crippen molar-refractivity contribution in [3.8, 4) is 0 Å². The third kappa shape index (κ3) is 2.11. The van der Waals surface area contributed by atoms with Gasteiger partial charge in [0.2, 0.25) is 0 Å². The van der Waals surface area contributed by atoms with Gasteiger partial charge >= 0.3 is 5.97 Å². The smallest absolute Gasteiger partial charge is 0.307 e. The zero-order valence-electron chi connectivity index (χ0n) is 10.7. The second-order valence-electron chi connectivity index (χ2n) is 4.60. The van der Waals surface area contributed by atoms with Gasteiger partial charge in [-0.05, 0) is 31.5 Å². The molecular formula is C14H18N2O2. The molecule has 0 fully saturated rings. The molecule has 0 saturated carbocycles. The van der Waals surface area contributed by atoms with E-state index in [0.717, 1.165) is 27.7 Å². The van der Waals surface area contributed by atoms with Crippen molar-refractivity contribution < 1.29 is 9.90 Å². The topological polar surface area (TPSA) is 68.2 Å². The fourth-order valence-corrected chi connectivity index (χ4v) is 2.46. The normalized spacial score (nSPS) is 11.1. The van der Waals surface area contributed by atoms with Gasteiger partial charge in [0, 0.05) is 29.7 Å². The number of aromatic nitrogens is 1. The summed E-state index contributed by atoms with van der Waals surface area (Å²) in [6, 6.07) is 6.13. The summed E-state index contributed by atoms with van der Waals surface area (Å²) in [6.45, 7) is 5.24. The molecule has 0 saturated heterocycles.